The van der Waals surface area contributed by atoms with E-state index < -0.39 is 10.8 Å². The minimum Gasteiger partial charge on any atom is -0.381 e. The van der Waals surface area contributed by atoms with Gasteiger partial charge in [0.1, 0.15) is 0 Å². The van der Waals surface area contributed by atoms with Gasteiger partial charge < -0.3 is 15.0 Å². The van der Waals surface area contributed by atoms with Crippen molar-refractivity contribution in [2.75, 3.05) is 45.1 Å². The summed E-state index contributed by atoms with van der Waals surface area (Å²) in [5, 5.41) is 3.36. The number of guanidine groups is 1. The number of benzene rings is 1. The van der Waals surface area contributed by atoms with Crippen LogP contribution in [0.25, 0.3) is 0 Å². The van der Waals surface area contributed by atoms with Crippen LogP contribution in [0.5, 0.6) is 0 Å². The summed E-state index contributed by atoms with van der Waals surface area (Å²) < 4.78 is 17.8. The molecule has 1 N–H and O–H groups in total. The number of nitrogens with one attached hydrogen (secondary N) is 1. The molecule has 1 aliphatic rings. The Hall–Kier alpha value is -1.40. The lowest BCUT2D eigenvalue weighted by Crippen LogP contribution is -2.40. The highest BCUT2D eigenvalue weighted by Crippen LogP contribution is 2.16. The Labute approximate surface area is 154 Å². The van der Waals surface area contributed by atoms with Crippen LogP contribution in [-0.4, -0.2) is 60.2 Å². The molecule has 6 heteroatoms. The molecule has 1 saturated heterocycles. The predicted molar refractivity (Wildman–Crippen MR) is 105 cm³/mol. The van der Waals surface area contributed by atoms with Gasteiger partial charge in [0, 0.05) is 54.5 Å². The molecule has 1 aromatic rings. The summed E-state index contributed by atoms with van der Waals surface area (Å²) in [5.41, 5.74) is 1.12. The molecule has 0 bridgehead atoms. The highest BCUT2D eigenvalue weighted by Gasteiger charge is 2.24. The zero-order valence-electron chi connectivity index (χ0n) is 15.4. The minimum atomic E-state index is -0.878. The number of hydrogen-bond acceptors (Lipinski definition) is 3. The van der Waals surface area contributed by atoms with Crippen LogP contribution in [0.15, 0.2) is 35.3 Å². The third kappa shape index (κ3) is 7.16. The second-order valence-corrected chi connectivity index (χ2v) is 7.85. The molecule has 5 nitrogen and oxygen atoms in total. The number of aliphatic imine (C=N–C) groups is 1. The molecule has 2 unspecified atom stereocenters. The van der Waals surface area contributed by atoms with Crippen molar-refractivity contribution in [2.24, 2.45) is 10.9 Å². The van der Waals surface area contributed by atoms with E-state index in [4.69, 9.17) is 4.74 Å². The van der Waals surface area contributed by atoms with Crippen molar-refractivity contribution in [3.63, 3.8) is 0 Å². The zero-order chi connectivity index (χ0) is 17.9. The highest BCUT2D eigenvalue weighted by molar-refractivity contribution is 7.84. The van der Waals surface area contributed by atoms with Gasteiger partial charge in [-0.05, 0) is 25.8 Å². The van der Waals surface area contributed by atoms with Gasteiger partial charge in [0.2, 0.25) is 0 Å². The van der Waals surface area contributed by atoms with Gasteiger partial charge in [-0.3, -0.25) is 9.20 Å². The van der Waals surface area contributed by atoms with E-state index in [9.17, 15) is 4.21 Å². The van der Waals surface area contributed by atoms with Crippen molar-refractivity contribution in [2.45, 2.75) is 26.0 Å². The van der Waals surface area contributed by atoms with E-state index in [0.717, 1.165) is 50.8 Å². The third-order valence-corrected chi connectivity index (χ3v) is 5.52. The van der Waals surface area contributed by atoms with Crippen LogP contribution in [0.1, 0.15) is 25.8 Å². The summed E-state index contributed by atoms with van der Waals surface area (Å²) in [6.45, 7) is 9.15. The van der Waals surface area contributed by atoms with Gasteiger partial charge in [0.25, 0.3) is 0 Å². The van der Waals surface area contributed by atoms with Crippen LogP contribution < -0.4 is 5.32 Å². The predicted octanol–water partition coefficient (Wildman–Crippen LogP) is 2.26. The van der Waals surface area contributed by atoms with E-state index in [1.807, 2.05) is 37.3 Å². The Morgan fingerprint density at radius 2 is 2.16 bits per heavy atom. The van der Waals surface area contributed by atoms with Crippen LogP contribution in [0.2, 0.25) is 0 Å². The number of nitrogens with zero attached hydrogens (tertiary/aromatic N) is 2. The maximum absolute atomic E-state index is 12.2. The van der Waals surface area contributed by atoms with Crippen molar-refractivity contribution in [3.05, 3.63) is 35.9 Å². The lowest BCUT2D eigenvalue weighted by molar-refractivity contribution is 0.114. The van der Waals surface area contributed by atoms with Crippen LogP contribution in [0.3, 0.4) is 0 Å². The first-order chi connectivity index (χ1) is 12.2. The monoisotopic (exact) mass is 365 g/mol. The summed E-state index contributed by atoms with van der Waals surface area (Å²) in [7, 11) is -0.878. The van der Waals surface area contributed by atoms with Crippen LogP contribution in [0, 0.1) is 5.92 Å². The smallest absolute Gasteiger partial charge is 0.193 e. The summed E-state index contributed by atoms with van der Waals surface area (Å²) in [4.78, 5) is 6.99. The lowest BCUT2D eigenvalue weighted by atomic mass is 10.1. The second-order valence-electron chi connectivity index (χ2n) is 6.27. The molecular weight excluding hydrogens is 334 g/mol. The van der Waals surface area contributed by atoms with Crippen LogP contribution in [0.4, 0.5) is 0 Å². The van der Waals surface area contributed by atoms with Crippen molar-refractivity contribution in [1.82, 2.24) is 10.2 Å². The van der Waals surface area contributed by atoms with Gasteiger partial charge >= 0.3 is 0 Å². The van der Waals surface area contributed by atoms with E-state index >= 15 is 0 Å². The summed E-state index contributed by atoms with van der Waals surface area (Å²) in [6, 6.07) is 10.00. The second kappa shape index (κ2) is 11.3. The van der Waals surface area contributed by atoms with Crippen molar-refractivity contribution < 1.29 is 8.95 Å². The number of likely N-dealkylation sites (tertiary alicyclic amines) is 1. The number of rotatable bonds is 9. The Morgan fingerprint density at radius 3 is 2.88 bits per heavy atom. The molecule has 1 aliphatic heterocycles. The zero-order valence-corrected chi connectivity index (χ0v) is 16.3. The molecule has 2 atom stereocenters. The fourth-order valence-corrected chi connectivity index (χ4v) is 3.96. The average Bonchev–Trinajstić information content (AvgIpc) is 3.09. The van der Waals surface area contributed by atoms with E-state index in [1.54, 1.807) is 0 Å². The Bertz CT molecular complexity index is 551. The number of hydrogen-bond donors (Lipinski definition) is 1. The molecule has 140 valence electrons. The Balaban J connectivity index is 1.80. The van der Waals surface area contributed by atoms with E-state index in [0.29, 0.717) is 24.0 Å². The van der Waals surface area contributed by atoms with Crippen molar-refractivity contribution in [1.29, 1.82) is 0 Å². The standard InChI is InChI=1S/C19H31N3O2S/c1-3-20-19(22-12-10-18(14-22)15-24-4-2)21-11-13-25(23)16-17-8-6-5-7-9-17/h5-9,18H,3-4,10-16H2,1-2H3,(H,20,21). The molecule has 0 aliphatic carbocycles. The molecule has 0 radical (unpaired) electrons. The maximum Gasteiger partial charge on any atom is 0.193 e. The van der Waals surface area contributed by atoms with Gasteiger partial charge in [-0.15, -0.1) is 0 Å². The first-order valence-corrected chi connectivity index (χ1v) is 10.7. The molecule has 1 fully saturated rings. The minimum absolute atomic E-state index is 0.580. The van der Waals surface area contributed by atoms with Gasteiger partial charge in [0.05, 0.1) is 13.2 Å². The third-order valence-electron chi connectivity index (χ3n) is 4.23. The van der Waals surface area contributed by atoms with E-state index in [-0.39, 0.29) is 0 Å². The average molecular weight is 366 g/mol. The normalized spacial score (nSPS) is 19.2. The van der Waals surface area contributed by atoms with Gasteiger partial charge in [0.15, 0.2) is 5.96 Å². The Morgan fingerprint density at radius 1 is 1.36 bits per heavy atom. The molecule has 0 amide bonds. The molecule has 0 spiro atoms. The van der Waals surface area contributed by atoms with Gasteiger partial charge in [-0.25, -0.2) is 0 Å². The fraction of sp³-hybridized carbons (Fsp3) is 0.632. The Kier molecular flexibility index (Phi) is 8.97. The summed E-state index contributed by atoms with van der Waals surface area (Å²) >= 11 is 0. The molecule has 0 saturated carbocycles. The van der Waals surface area contributed by atoms with E-state index in [2.05, 4.69) is 22.1 Å². The van der Waals surface area contributed by atoms with E-state index in [1.165, 1.54) is 0 Å². The van der Waals surface area contributed by atoms with Crippen molar-refractivity contribution >= 4 is 16.8 Å². The van der Waals surface area contributed by atoms with Crippen LogP contribution in [-0.2, 0) is 21.3 Å². The fourth-order valence-electron chi connectivity index (χ4n) is 2.96. The topological polar surface area (TPSA) is 53.9 Å². The van der Waals surface area contributed by atoms with Crippen LogP contribution >= 0.6 is 0 Å². The van der Waals surface area contributed by atoms with Gasteiger partial charge in [-0.2, -0.15) is 0 Å². The number of ether oxygens (including phenoxy) is 1. The summed E-state index contributed by atoms with van der Waals surface area (Å²) in [5.74, 6) is 2.72. The molecule has 1 aromatic carbocycles. The lowest BCUT2D eigenvalue weighted by Gasteiger charge is -2.21. The molecule has 1 heterocycles. The van der Waals surface area contributed by atoms with Crippen molar-refractivity contribution in [3.8, 4) is 0 Å². The summed E-state index contributed by atoms with van der Waals surface area (Å²) in [6.07, 6.45) is 1.14. The highest BCUT2D eigenvalue weighted by atomic mass is 32.2. The molecule has 0 aromatic heterocycles. The van der Waals surface area contributed by atoms with Gasteiger partial charge in [-0.1, -0.05) is 30.3 Å². The molecular formula is C19H31N3O2S. The molecule has 2 rings (SSSR count). The molecule has 25 heavy (non-hydrogen) atoms. The quantitative estimate of drug-likeness (QED) is 0.539. The SMILES string of the molecule is CCNC(=NCCS(=O)Cc1ccccc1)N1CCC(COCC)C1. The first-order valence-electron chi connectivity index (χ1n) is 9.22. The largest absolute Gasteiger partial charge is 0.381 e. The maximum atomic E-state index is 12.2. The first kappa shape index (κ1) is 19.9.